The highest BCUT2D eigenvalue weighted by molar-refractivity contribution is 7.89. The van der Waals surface area contributed by atoms with Crippen molar-refractivity contribution in [3.8, 4) is 0 Å². The maximum Gasteiger partial charge on any atom is 0.251 e. The molecule has 2 atom stereocenters. The van der Waals surface area contributed by atoms with Crippen molar-refractivity contribution < 1.29 is 17.7 Å². The van der Waals surface area contributed by atoms with Crippen molar-refractivity contribution in [2.24, 2.45) is 0 Å². The standard InChI is InChI=1S/C18H23N3O4S/c1-13-3-4-14(2)26(23,24)21(13)12-15-5-7-16(8-6-15)18(22)19-11-17-9-10-20-25-17/h5-10,13-14H,3-4,11-12H2,1-2H3,(H,19,22)/t13-,14?/m0/s1. The summed E-state index contributed by atoms with van der Waals surface area (Å²) >= 11 is 0. The lowest BCUT2D eigenvalue weighted by Gasteiger charge is -2.36. The molecule has 3 rings (SSSR count). The van der Waals surface area contributed by atoms with Crippen LogP contribution in [0.1, 0.15) is 48.4 Å². The molecular formula is C18H23N3O4S. The molecule has 1 saturated heterocycles. The number of nitrogens with one attached hydrogen (secondary N) is 1. The van der Waals surface area contributed by atoms with Crippen LogP contribution >= 0.6 is 0 Å². The van der Waals surface area contributed by atoms with Gasteiger partial charge in [0, 0.05) is 24.2 Å². The van der Waals surface area contributed by atoms with Gasteiger partial charge in [0.1, 0.15) is 0 Å². The molecule has 1 aromatic heterocycles. The summed E-state index contributed by atoms with van der Waals surface area (Å²) in [5.41, 5.74) is 1.37. The topological polar surface area (TPSA) is 92.5 Å². The average molecular weight is 377 g/mol. The molecule has 1 unspecified atom stereocenters. The van der Waals surface area contributed by atoms with Crippen molar-refractivity contribution in [2.75, 3.05) is 0 Å². The van der Waals surface area contributed by atoms with Gasteiger partial charge in [0.25, 0.3) is 5.91 Å². The van der Waals surface area contributed by atoms with Gasteiger partial charge in [-0.25, -0.2) is 8.42 Å². The number of nitrogens with zero attached hydrogens (tertiary/aromatic N) is 2. The van der Waals surface area contributed by atoms with Crippen LogP contribution in [0.5, 0.6) is 0 Å². The van der Waals surface area contributed by atoms with Crippen LogP contribution in [-0.4, -0.2) is 35.1 Å². The summed E-state index contributed by atoms with van der Waals surface area (Å²) in [5.74, 6) is 0.355. The minimum atomic E-state index is -3.27. The van der Waals surface area contributed by atoms with Crippen molar-refractivity contribution >= 4 is 15.9 Å². The van der Waals surface area contributed by atoms with Crippen LogP contribution in [-0.2, 0) is 23.1 Å². The highest BCUT2D eigenvalue weighted by Crippen LogP contribution is 2.27. The Morgan fingerprint density at radius 3 is 2.62 bits per heavy atom. The number of sulfonamides is 1. The Hall–Kier alpha value is -2.19. The summed E-state index contributed by atoms with van der Waals surface area (Å²) in [7, 11) is -3.27. The van der Waals surface area contributed by atoms with Crippen LogP contribution in [0.4, 0.5) is 0 Å². The summed E-state index contributed by atoms with van der Waals surface area (Å²) in [5, 5.41) is 5.98. The predicted octanol–water partition coefficient (Wildman–Crippen LogP) is 2.31. The van der Waals surface area contributed by atoms with Gasteiger partial charge in [0.15, 0.2) is 5.76 Å². The van der Waals surface area contributed by atoms with E-state index in [0.717, 1.165) is 12.0 Å². The van der Waals surface area contributed by atoms with E-state index in [1.54, 1.807) is 41.6 Å². The largest absolute Gasteiger partial charge is 0.360 e. The van der Waals surface area contributed by atoms with E-state index in [2.05, 4.69) is 10.5 Å². The molecule has 0 radical (unpaired) electrons. The highest BCUT2D eigenvalue weighted by Gasteiger charge is 2.36. The van der Waals surface area contributed by atoms with Crippen molar-refractivity contribution in [1.29, 1.82) is 0 Å². The van der Waals surface area contributed by atoms with Gasteiger partial charge in [-0.3, -0.25) is 4.79 Å². The third-order valence-corrected chi connectivity index (χ3v) is 7.18. The quantitative estimate of drug-likeness (QED) is 0.863. The van der Waals surface area contributed by atoms with E-state index >= 15 is 0 Å². The molecule has 7 nitrogen and oxygen atoms in total. The summed E-state index contributed by atoms with van der Waals surface area (Å²) in [6, 6.07) is 8.67. The summed E-state index contributed by atoms with van der Waals surface area (Å²) in [4.78, 5) is 12.2. The fraction of sp³-hybridized carbons (Fsp3) is 0.444. The Bertz CT molecular complexity index is 847. The fourth-order valence-electron chi connectivity index (χ4n) is 3.04. The third-order valence-electron chi connectivity index (χ3n) is 4.79. The molecule has 26 heavy (non-hydrogen) atoms. The van der Waals surface area contributed by atoms with Crippen LogP contribution in [0.3, 0.4) is 0 Å². The van der Waals surface area contributed by atoms with E-state index in [1.807, 2.05) is 6.92 Å². The normalized spacial score (nSPS) is 22.8. The van der Waals surface area contributed by atoms with Gasteiger partial charge in [0.05, 0.1) is 18.0 Å². The zero-order valence-corrected chi connectivity index (χ0v) is 15.7. The molecule has 0 spiro atoms. The van der Waals surface area contributed by atoms with Crippen LogP contribution in [0.2, 0.25) is 0 Å². The highest BCUT2D eigenvalue weighted by atomic mass is 32.2. The second kappa shape index (κ2) is 7.59. The Morgan fingerprint density at radius 2 is 1.96 bits per heavy atom. The van der Waals surface area contributed by atoms with E-state index in [1.165, 1.54) is 6.20 Å². The van der Waals surface area contributed by atoms with E-state index in [0.29, 0.717) is 24.3 Å². The average Bonchev–Trinajstić information content (AvgIpc) is 3.14. The van der Waals surface area contributed by atoms with Crippen LogP contribution in [0.15, 0.2) is 41.1 Å². The molecule has 0 saturated carbocycles. The van der Waals surface area contributed by atoms with Gasteiger partial charge in [-0.1, -0.05) is 17.3 Å². The maximum absolute atomic E-state index is 12.5. The summed E-state index contributed by atoms with van der Waals surface area (Å²) < 4.78 is 31.6. The molecular weight excluding hydrogens is 354 g/mol. The van der Waals surface area contributed by atoms with Gasteiger partial charge in [-0.15, -0.1) is 0 Å². The van der Waals surface area contributed by atoms with Crippen molar-refractivity contribution in [1.82, 2.24) is 14.8 Å². The van der Waals surface area contributed by atoms with E-state index in [-0.39, 0.29) is 23.7 Å². The van der Waals surface area contributed by atoms with Gasteiger partial charge in [-0.2, -0.15) is 4.31 Å². The van der Waals surface area contributed by atoms with Gasteiger partial charge in [0.2, 0.25) is 10.0 Å². The Labute approximate surface area is 153 Å². The lowest BCUT2D eigenvalue weighted by molar-refractivity contribution is 0.0947. The molecule has 1 aliphatic heterocycles. The lowest BCUT2D eigenvalue weighted by Crippen LogP contribution is -2.47. The second-order valence-corrected chi connectivity index (χ2v) is 8.99. The van der Waals surface area contributed by atoms with Crippen molar-refractivity contribution in [3.63, 3.8) is 0 Å². The molecule has 2 heterocycles. The number of carbonyl (C=O) groups is 1. The molecule has 0 aliphatic carbocycles. The van der Waals surface area contributed by atoms with Crippen molar-refractivity contribution in [2.45, 2.75) is 51.1 Å². The number of hydrogen-bond acceptors (Lipinski definition) is 5. The summed E-state index contributed by atoms with van der Waals surface area (Å²) in [6.45, 7) is 4.29. The third kappa shape index (κ3) is 3.96. The number of benzene rings is 1. The predicted molar refractivity (Wildman–Crippen MR) is 96.7 cm³/mol. The van der Waals surface area contributed by atoms with Gasteiger partial charge >= 0.3 is 0 Å². The molecule has 1 aliphatic rings. The van der Waals surface area contributed by atoms with E-state index < -0.39 is 10.0 Å². The Kier molecular flexibility index (Phi) is 5.43. The number of rotatable bonds is 5. The first-order valence-corrected chi connectivity index (χ1v) is 10.2. The van der Waals surface area contributed by atoms with E-state index in [9.17, 15) is 13.2 Å². The number of carbonyl (C=O) groups excluding carboxylic acids is 1. The van der Waals surface area contributed by atoms with Crippen molar-refractivity contribution in [3.05, 3.63) is 53.4 Å². The molecule has 1 N–H and O–H groups in total. The first-order valence-electron chi connectivity index (χ1n) is 8.65. The second-order valence-electron chi connectivity index (χ2n) is 6.69. The smallest absolute Gasteiger partial charge is 0.251 e. The van der Waals surface area contributed by atoms with Crippen LogP contribution in [0, 0.1) is 0 Å². The van der Waals surface area contributed by atoms with Crippen LogP contribution in [0.25, 0.3) is 0 Å². The fourth-order valence-corrected chi connectivity index (χ4v) is 4.87. The first kappa shape index (κ1) is 18.6. The summed E-state index contributed by atoms with van der Waals surface area (Å²) in [6.07, 6.45) is 3.08. The Balaban J connectivity index is 1.64. The zero-order valence-electron chi connectivity index (χ0n) is 14.9. The minimum absolute atomic E-state index is 0.0129. The maximum atomic E-state index is 12.5. The number of amides is 1. The van der Waals surface area contributed by atoms with E-state index in [4.69, 9.17) is 4.52 Å². The lowest BCUT2D eigenvalue weighted by atomic mass is 10.1. The van der Waals surface area contributed by atoms with Crippen LogP contribution < -0.4 is 5.32 Å². The molecule has 1 fully saturated rings. The molecule has 1 aromatic carbocycles. The molecule has 2 aromatic rings. The molecule has 8 heteroatoms. The SMILES string of the molecule is CC1CC[C@H](C)N(Cc2ccc(C(=O)NCc3ccno3)cc2)S1(=O)=O. The molecule has 140 valence electrons. The number of hydrogen-bond donors (Lipinski definition) is 1. The first-order chi connectivity index (χ1) is 12.4. The number of aromatic nitrogens is 1. The van der Waals surface area contributed by atoms with Gasteiger partial charge < -0.3 is 9.84 Å². The monoisotopic (exact) mass is 377 g/mol. The minimum Gasteiger partial charge on any atom is -0.360 e. The molecule has 1 amide bonds. The van der Waals surface area contributed by atoms with Gasteiger partial charge in [-0.05, 0) is 44.4 Å². The zero-order chi connectivity index (χ0) is 18.7. The Morgan fingerprint density at radius 1 is 1.23 bits per heavy atom. The molecule has 0 bridgehead atoms.